The highest BCUT2D eigenvalue weighted by molar-refractivity contribution is 6.06. The Morgan fingerprint density at radius 1 is 0.242 bits per heavy atom. The molecule has 6 nitrogen and oxygen atoms in total. The van der Waals surface area contributed by atoms with Crippen LogP contribution in [-0.4, -0.2) is 29.9 Å². The first kappa shape index (κ1) is 41.6. The zero-order chi connectivity index (χ0) is 45.4. The van der Waals surface area contributed by atoms with Crippen molar-refractivity contribution in [2.45, 2.75) is 12.4 Å². The van der Waals surface area contributed by atoms with Gasteiger partial charge in [0.2, 0.25) is 0 Å². The zero-order valence-electron chi connectivity index (χ0n) is 34.4. The summed E-state index contributed by atoms with van der Waals surface area (Å²) in [5, 5.41) is 2.04. The molecule has 12 heteroatoms. The molecule has 0 saturated carbocycles. The quantitative estimate of drug-likeness (QED) is 0.142. The van der Waals surface area contributed by atoms with E-state index in [1.54, 1.807) is 0 Å². The van der Waals surface area contributed by atoms with E-state index in [1.165, 1.54) is 24.3 Å². The maximum atomic E-state index is 13.4. The average molecular weight is 879 g/mol. The summed E-state index contributed by atoms with van der Waals surface area (Å²) < 4.78 is 80.3. The van der Waals surface area contributed by atoms with Gasteiger partial charge in [-0.15, -0.1) is 0 Å². The minimum Gasteiger partial charge on any atom is -0.208 e. The third-order valence-electron chi connectivity index (χ3n) is 11.1. The van der Waals surface area contributed by atoms with Gasteiger partial charge in [0.25, 0.3) is 0 Å². The lowest BCUT2D eigenvalue weighted by molar-refractivity contribution is -0.138. The first-order valence-corrected chi connectivity index (χ1v) is 20.7. The molecule has 2 heterocycles. The molecule has 0 aliphatic rings. The number of alkyl halides is 6. The highest BCUT2D eigenvalue weighted by atomic mass is 19.4. The predicted octanol–water partition coefficient (Wildman–Crippen LogP) is 14.6. The number of benzene rings is 8. The molecule has 0 aliphatic carbocycles. The van der Waals surface area contributed by atoms with Crippen LogP contribution in [0.5, 0.6) is 0 Å². The van der Waals surface area contributed by atoms with Crippen LogP contribution in [0, 0.1) is 0 Å². The molecule has 0 aliphatic heterocycles. The van der Waals surface area contributed by atoms with E-state index in [-0.39, 0.29) is 11.6 Å². The maximum Gasteiger partial charge on any atom is 0.416 e. The molecule has 8 aromatic carbocycles. The van der Waals surface area contributed by atoms with Crippen LogP contribution in [0.2, 0.25) is 0 Å². The first-order chi connectivity index (χ1) is 31.9. The van der Waals surface area contributed by atoms with Crippen molar-refractivity contribution in [3.05, 3.63) is 205 Å². The van der Waals surface area contributed by atoms with Crippen molar-refractivity contribution in [3.8, 4) is 90.6 Å². The van der Waals surface area contributed by atoms with E-state index in [2.05, 4.69) is 34.2 Å². The minimum atomic E-state index is -4.48. The Bertz CT molecular complexity index is 3120. The standard InChI is InChI=1S/C54H32F6N6/c55-53(56,57)42-29-25-40(26-30-42)51-63-47(36-9-3-1-4-10-36)61-49(65-51)38-21-17-33(18-22-38)44-15-7-13-35-14-8-16-45(46(35)44)34-19-23-39(24-20-34)50-62-48(37-11-5-2-6-12-37)64-52(66-50)41-27-31-43(32-28-41)54(58,59)60/h1-32H. The van der Waals surface area contributed by atoms with Crippen LogP contribution in [0.1, 0.15) is 11.1 Å². The Hall–Kier alpha value is -8.38. The summed E-state index contributed by atoms with van der Waals surface area (Å²) in [6.45, 7) is 0. The molecule has 0 fully saturated rings. The first-order valence-electron chi connectivity index (χ1n) is 20.7. The Balaban J connectivity index is 0.997. The van der Waals surface area contributed by atoms with Crippen molar-refractivity contribution in [2.24, 2.45) is 0 Å². The van der Waals surface area contributed by atoms with Crippen molar-refractivity contribution < 1.29 is 26.3 Å². The molecule has 320 valence electrons. The van der Waals surface area contributed by atoms with Crippen LogP contribution >= 0.6 is 0 Å². The van der Waals surface area contributed by atoms with Crippen LogP contribution in [0.25, 0.3) is 101 Å². The second-order valence-electron chi connectivity index (χ2n) is 15.4. The lowest BCUT2D eigenvalue weighted by Crippen LogP contribution is -2.04. The molecule has 2 aromatic heterocycles. The number of fused-ring (bicyclic) bond motifs is 1. The van der Waals surface area contributed by atoms with E-state index in [0.29, 0.717) is 45.6 Å². The fourth-order valence-corrected chi connectivity index (χ4v) is 7.74. The van der Waals surface area contributed by atoms with Gasteiger partial charge in [0.05, 0.1) is 11.1 Å². The molecule has 0 saturated heterocycles. The van der Waals surface area contributed by atoms with Gasteiger partial charge in [-0.3, -0.25) is 0 Å². The summed E-state index contributed by atoms with van der Waals surface area (Å²) in [6, 6.07) is 56.1. The number of hydrogen-bond donors (Lipinski definition) is 0. The van der Waals surface area contributed by atoms with E-state index in [0.717, 1.165) is 68.4 Å². The molecule has 10 rings (SSSR count). The third kappa shape index (κ3) is 8.51. The van der Waals surface area contributed by atoms with E-state index in [1.807, 2.05) is 121 Å². The summed E-state index contributed by atoms with van der Waals surface area (Å²) in [6.07, 6.45) is -8.95. The fraction of sp³-hybridized carbons (Fsp3) is 0.0370. The SMILES string of the molecule is FC(F)(F)c1ccc(-c2nc(-c3ccccc3)nc(-c3ccc(-c4cccc5cccc(-c6ccc(-c7nc(-c8ccccc8)nc(-c8ccc(C(F)(F)F)cc8)n7)cc6)c45)cc3)n2)cc1. The molecule has 0 N–H and O–H groups in total. The zero-order valence-corrected chi connectivity index (χ0v) is 34.4. The summed E-state index contributed by atoms with van der Waals surface area (Å²) >= 11 is 0. The lowest BCUT2D eigenvalue weighted by Gasteiger charge is -2.14. The van der Waals surface area contributed by atoms with Crippen molar-refractivity contribution in [1.82, 2.24) is 29.9 Å². The Morgan fingerprint density at radius 3 is 0.788 bits per heavy atom. The molecule has 10 aromatic rings. The van der Waals surface area contributed by atoms with E-state index in [9.17, 15) is 26.3 Å². The van der Waals surface area contributed by atoms with Gasteiger partial charge in [0, 0.05) is 33.4 Å². The summed E-state index contributed by atoms with van der Waals surface area (Å²) in [4.78, 5) is 28.3. The molecule has 0 bridgehead atoms. The second kappa shape index (κ2) is 17.0. The minimum absolute atomic E-state index is 0.244. The molecule has 0 unspecified atom stereocenters. The van der Waals surface area contributed by atoms with Gasteiger partial charge in [-0.1, -0.05) is 170 Å². The normalized spacial score (nSPS) is 11.8. The van der Waals surface area contributed by atoms with Crippen molar-refractivity contribution in [3.63, 3.8) is 0 Å². The van der Waals surface area contributed by atoms with E-state index < -0.39 is 23.5 Å². The monoisotopic (exact) mass is 878 g/mol. The summed E-state index contributed by atoms with van der Waals surface area (Å²) in [5.41, 5.74) is 6.00. The Kier molecular flexibility index (Phi) is 10.7. The second-order valence-corrected chi connectivity index (χ2v) is 15.4. The van der Waals surface area contributed by atoms with Crippen molar-refractivity contribution in [2.75, 3.05) is 0 Å². The van der Waals surface area contributed by atoms with Crippen LogP contribution in [0.15, 0.2) is 194 Å². The van der Waals surface area contributed by atoms with Crippen molar-refractivity contribution in [1.29, 1.82) is 0 Å². The van der Waals surface area contributed by atoms with Crippen molar-refractivity contribution >= 4 is 10.8 Å². The van der Waals surface area contributed by atoms with Gasteiger partial charge in [-0.2, -0.15) is 26.3 Å². The van der Waals surface area contributed by atoms with Gasteiger partial charge in [0.15, 0.2) is 34.9 Å². The molecular weight excluding hydrogens is 847 g/mol. The summed E-state index contributed by atoms with van der Waals surface area (Å²) in [7, 11) is 0. The van der Waals surface area contributed by atoms with Gasteiger partial charge in [-0.25, -0.2) is 29.9 Å². The van der Waals surface area contributed by atoms with Gasteiger partial charge in [-0.05, 0) is 57.3 Å². The predicted molar refractivity (Wildman–Crippen MR) is 244 cm³/mol. The largest absolute Gasteiger partial charge is 0.416 e. The van der Waals surface area contributed by atoms with Crippen LogP contribution in [-0.2, 0) is 12.4 Å². The Labute approximate surface area is 374 Å². The molecule has 0 radical (unpaired) electrons. The highest BCUT2D eigenvalue weighted by Crippen LogP contribution is 2.39. The molecule has 66 heavy (non-hydrogen) atoms. The Morgan fingerprint density at radius 2 is 0.500 bits per heavy atom. The number of aromatic nitrogens is 6. The number of hydrogen-bond acceptors (Lipinski definition) is 6. The molecule has 0 atom stereocenters. The lowest BCUT2D eigenvalue weighted by atomic mass is 9.91. The van der Waals surface area contributed by atoms with Gasteiger partial charge in [0.1, 0.15) is 0 Å². The maximum absolute atomic E-state index is 13.4. The van der Waals surface area contributed by atoms with Crippen LogP contribution in [0.3, 0.4) is 0 Å². The topological polar surface area (TPSA) is 77.3 Å². The van der Waals surface area contributed by atoms with Gasteiger partial charge < -0.3 is 0 Å². The van der Waals surface area contributed by atoms with E-state index >= 15 is 0 Å². The third-order valence-corrected chi connectivity index (χ3v) is 11.1. The highest BCUT2D eigenvalue weighted by Gasteiger charge is 2.31. The number of rotatable bonds is 8. The molecular formula is C54H32F6N6. The fourth-order valence-electron chi connectivity index (χ4n) is 7.74. The smallest absolute Gasteiger partial charge is 0.208 e. The van der Waals surface area contributed by atoms with Crippen LogP contribution < -0.4 is 0 Å². The van der Waals surface area contributed by atoms with Gasteiger partial charge >= 0.3 is 12.4 Å². The number of nitrogens with zero attached hydrogens (tertiary/aromatic N) is 6. The molecule has 0 spiro atoms. The van der Waals surface area contributed by atoms with E-state index in [4.69, 9.17) is 19.9 Å². The average Bonchev–Trinajstić information content (AvgIpc) is 3.36. The number of halogens is 6. The van der Waals surface area contributed by atoms with Crippen LogP contribution in [0.4, 0.5) is 26.3 Å². The molecule has 0 amide bonds. The summed E-state index contributed by atoms with van der Waals surface area (Å²) in [5.74, 6) is 1.99.